The Balaban J connectivity index is 2.04. The summed E-state index contributed by atoms with van der Waals surface area (Å²) in [5.41, 5.74) is 0. The molecular formula is C13H13NO2S4. The van der Waals surface area contributed by atoms with Crippen LogP contribution in [0.4, 0.5) is 0 Å². The van der Waals surface area contributed by atoms with Crippen molar-refractivity contribution in [2.45, 2.75) is 19.8 Å². The molecule has 106 valence electrons. The maximum Gasteiger partial charge on any atom is 0.303 e. The van der Waals surface area contributed by atoms with Crippen LogP contribution in [0, 0.1) is 6.92 Å². The van der Waals surface area contributed by atoms with Crippen LogP contribution >= 0.6 is 47.5 Å². The molecule has 1 N–H and O–H groups in total. The van der Waals surface area contributed by atoms with Crippen LogP contribution in [0.3, 0.4) is 0 Å². The lowest BCUT2D eigenvalue weighted by Crippen LogP contribution is -2.28. The van der Waals surface area contributed by atoms with E-state index in [-0.39, 0.29) is 6.42 Å². The van der Waals surface area contributed by atoms with Crippen molar-refractivity contribution in [3.8, 4) is 0 Å². The van der Waals surface area contributed by atoms with Gasteiger partial charge in [-0.25, -0.2) is 0 Å². The van der Waals surface area contributed by atoms with Crippen molar-refractivity contribution < 1.29 is 9.90 Å². The van der Waals surface area contributed by atoms with Gasteiger partial charge in [-0.2, -0.15) is 0 Å². The van der Waals surface area contributed by atoms with E-state index in [2.05, 4.69) is 19.1 Å². The summed E-state index contributed by atoms with van der Waals surface area (Å²) in [5, 5.41) is 8.67. The van der Waals surface area contributed by atoms with Crippen LogP contribution in [-0.2, 0) is 4.79 Å². The third-order valence-electron chi connectivity index (χ3n) is 2.68. The van der Waals surface area contributed by atoms with E-state index in [0.717, 1.165) is 9.78 Å². The minimum Gasteiger partial charge on any atom is -0.481 e. The van der Waals surface area contributed by atoms with Crippen LogP contribution in [-0.4, -0.2) is 31.8 Å². The van der Waals surface area contributed by atoms with E-state index in [1.165, 1.54) is 16.6 Å². The van der Waals surface area contributed by atoms with E-state index < -0.39 is 5.97 Å². The number of thiocarbonyl (C=S) groups is 2. The smallest absolute Gasteiger partial charge is 0.303 e. The number of aryl methyl sites for hydroxylation is 1. The van der Waals surface area contributed by atoms with E-state index in [0.29, 0.717) is 22.3 Å². The molecule has 1 aliphatic heterocycles. The molecule has 0 radical (unpaired) electrons. The number of carbonyl (C=O) groups is 1. The maximum atomic E-state index is 10.5. The number of thioether (sulfide) groups is 1. The number of hydrogen-bond donors (Lipinski definition) is 1. The van der Waals surface area contributed by atoms with Crippen LogP contribution in [0.15, 0.2) is 17.0 Å². The van der Waals surface area contributed by atoms with E-state index in [4.69, 9.17) is 29.5 Å². The predicted molar refractivity (Wildman–Crippen MR) is 93.4 cm³/mol. The van der Waals surface area contributed by atoms with Crippen LogP contribution in [0.5, 0.6) is 0 Å². The topological polar surface area (TPSA) is 40.5 Å². The van der Waals surface area contributed by atoms with Crippen molar-refractivity contribution in [1.82, 2.24) is 4.90 Å². The zero-order chi connectivity index (χ0) is 14.7. The molecule has 0 saturated carbocycles. The summed E-state index contributed by atoms with van der Waals surface area (Å²) in [4.78, 5) is 16.5. The van der Waals surface area contributed by atoms with Gasteiger partial charge in [-0.3, -0.25) is 4.79 Å². The molecule has 0 atom stereocenters. The average Bonchev–Trinajstić information content (AvgIpc) is 2.88. The quantitative estimate of drug-likeness (QED) is 0.645. The molecule has 0 unspecified atom stereocenters. The average molecular weight is 344 g/mol. The minimum absolute atomic E-state index is 0.134. The standard InChI is InChI=1S/C13H13NO2S4/c1-8-4-5-9(19-8)7-10-12(17)14(13(18)20-10)6-2-3-11(15)16/h4-5,7H,2-3,6H2,1H3,(H,15,16)/b10-7-. The highest BCUT2D eigenvalue weighted by Crippen LogP contribution is 2.34. The van der Waals surface area contributed by atoms with Gasteiger partial charge in [-0.15, -0.1) is 11.3 Å². The Morgan fingerprint density at radius 1 is 1.45 bits per heavy atom. The first kappa shape index (κ1) is 15.6. The molecule has 2 rings (SSSR count). The number of carboxylic acid groups (broad SMARTS) is 1. The molecule has 0 aromatic carbocycles. The van der Waals surface area contributed by atoms with Crippen molar-refractivity contribution in [3.05, 3.63) is 26.8 Å². The van der Waals surface area contributed by atoms with Crippen LogP contribution in [0.2, 0.25) is 0 Å². The number of thiophene rings is 1. The summed E-state index contributed by atoms with van der Waals surface area (Å²) in [6.07, 6.45) is 2.73. The van der Waals surface area contributed by atoms with Gasteiger partial charge in [0.2, 0.25) is 0 Å². The predicted octanol–water partition coefficient (Wildman–Crippen LogP) is 3.92. The Bertz CT molecular complexity index is 591. The lowest BCUT2D eigenvalue weighted by molar-refractivity contribution is -0.137. The Morgan fingerprint density at radius 3 is 2.80 bits per heavy atom. The van der Waals surface area contributed by atoms with Gasteiger partial charge < -0.3 is 10.0 Å². The largest absolute Gasteiger partial charge is 0.481 e. The second-order valence-corrected chi connectivity index (χ2v) is 7.66. The molecule has 0 aliphatic carbocycles. The summed E-state index contributed by atoms with van der Waals surface area (Å²) < 4.78 is 0.708. The molecular weight excluding hydrogens is 330 g/mol. The van der Waals surface area contributed by atoms with Crippen molar-refractivity contribution in [1.29, 1.82) is 0 Å². The first-order chi connectivity index (χ1) is 9.47. The van der Waals surface area contributed by atoms with Gasteiger partial charge in [0.25, 0.3) is 0 Å². The summed E-state index contributed by atoms with van der Waals surface area (Å²) in [6.45, 7) is 2.63. The number of carboxylic acids is 1. The molecule has 0 bridgehead atoms. The van der Waals surface area contributed by atoms with Crippen molar-refractivity contribution in [2.24, 2.45) is 0 Å². The summed E-state index contributed by atoms with van der Waals surface area (Å²) in [5.74, 6) is -0.793. The summed E-state index contributed by atoms with van der Waals surface area (Å²) in [7, 11) is 0. The Morgan fingerprint density at radius 2 is 2.20 bits per heavy atom. The van der Waals surface area contributed by atoms with Crippen molar-refractivity contribution in [2.75, 3.05) is 6.54 Å². The Hall–Kier alpha value is -0.760. The van der Waals surface area contributed by atoms with Gasteiger partial charge in [-0.1, -0.05) is 36.2 Å². The molecule has 20 heavy (non-hydrogen) atoms. The monoisotopic (exact) mass is 343 g/mol. The Kier molecular flexibility index (Phi) is 5.31. The fourth-order valence-electron chi connectivity index (χ4n) is 1.74. The Labute approximate surface area is 136 Å². The van der Waals surface area contributed by atoms with Gasteiger partial charge in [-0.05, 0) is 31.6 Å². The SMILES string of the molecule is Cc1ccc(/C=C2\SC(=S)N(CCCC(=O)O)C2=S)s1. The zero-order valence-corrected chi connectivity index (χ0v) is 14.1. The van der Waals surface area contributed by atoms with Crippen LogP contribution < -0.4 is 0 Å². The second kappa shape index (κ2) is 6.80. The first-order valence-corrected chi connectivity index (χ1v) is 8.46. The minimum atomic E-state index is -0.793. The molecule has 1 aromatic rings. The van der Waals surface area contributed by atoms with Gasteiger partial charge in [0.05, 0.1) is 4.91 Å². The second-order valence-electron chi connectivity index (χ2n) is 4.28. The molecule has 2 heterocycles. The fourth-order valence-corrected chi connectivity index (χ4v) is 4.43. The molecule has 3 nitrogen and oxygen atoms in total. The molecule has 0 spiro atoms. The molecule has 1 aromatic heterocycles. The summed E-state index contributed by atoms with van der Waals surface area (Å²) in [6, 6.07) is 4.13. The normalized spacial score (nSPS) is 17.2. The van der Waals surface area contributed by atoms with Gasteiger partial charge >= 0.3 is 5.97 Å². The van der Waals surface area contributed by atoms with Gasteiger partial charge in [0.1, 0.15) is 9.31 Å². The number of aliphatic carboxylic acids is 1. The molecule has 1 saturated heterocycles. The van der Waals surface area contributed by atoms with Crippen molar-refractivity contribution >= 4 is 68.9 Å². The highest BCUT2D eigenvalue weighted by molar-refractivity contribution is 8.27. The highest BCUT2D eigenvalue weighted by Gasteiger charge is 2.28. The fraction of sp³-hybridized carbons (Fsp3) is 0.308. The van der Waals surface area contributed by atoms with E-state index >= 15 is 0 Å². The molecule has 1 aliphatic rings. The third-order valence-corrected chi connectivity index (χ3v) is 5.59. The van der Waals surface area contributed by atoms with E-state index in [9.17, 15) is 4.79 Å². The number of nitrogens with zero attached hydrogens (tertiary/aromatic N) is 1. The summed E-state index contributed by atoms with van der Waals surface area (Å²) >= 11 is 13.9. The first-order valence-electron chi connectivity index (χ1n) is 6.01. The van der Waals surface area contributed by atoms with E-state index in [1.54, 1.807) is 11.3 Å². The number of rotatable bonds is 5. The molecule has 7 heteroatoms. The molecule has 0 amide bonds. The number of hydrogen-bond acceptors (Lipinski definition) is 5. The van der Waals surface area contributed by atoms with Crippen LogP contribution in [0.1, 0.15) is 22.6 Å². The van der Waals surface area contributed by atoms with Gasteiger partial charge in [0, 0.05) is 22.7 Å². The van der Waals surface area contributed by atoms with Gasteiger partial charge in [0.15, 0.2) is 0 Å². The molecule has 1 fully saturated rings. The zero-order valence-electron chi connectivity index (χ0n) is 10.8. The van der Waals surface area contributed by atoms with Crippen molar-refractivity contribution in [3.63, 3.8) is 0 Å². The maximum absolute atomic E-state index is 10.5. The third kappa shape index (κ3) is 3.88. The highest BCUT2D eigenvalue weighted by atomic mass is 32.2. The lowest BCUT2D eigenvalue weighted by Gasteiger charge is -2.15. The lowest BCUT2D eigenvalue weighted by atomic mass is 10.3. The van der Waals surface area contributed by atoms with Crippen LogP contribution in [0.25, 0.3) is 6.08 Å². The van der Waals surface area contributed by atoms with E-state index in [1.807, 2.05) is 11.0 Å².